The minimum absolute atomic E-state index is 0.379. The normalized spacial score (nSPS) is 11.5. The zero-order valence-electron chi connectivity index (χ0n) is 5.58. The summed E-state index contributed by atoms with van der Waals surface area (Å²) in [6.07, 6.45) is 0.803. The van der Waals surface area contributed by atoms with Gasteiger partial charge in [-0.1, -0.05) is 0 Å². The van der Waals surface area contributed by atoms with Crippen LogP contribution in [0.4, 0.5) is 4.79 Å². The lowest BCUT2D eigenvalue weighted by molar-refractivity contribution is -0.131. The molecule has 0 heterocycles. The molecule has 0 saturated heterocycles. The van der Waals surface area contributed by atoms with Crippen LogP contribution in [0.25, 0.3) is 0 Å². The number of carbonyl (C=O) groups excluding carboxylic acids is 1. The van der Waals surface area contributed by atoms with E-state index in [1.54, 1.807) is 0 Å². The lowest BCUT2D eigenvalue weighted by atomic mass is 10.6. The molecule has 7 nitrogen and oxygen atoms in total. The summed E-state index contributed by atoms with van der Waals surface area (Å²) < 4.78 is 13.8. The van der Waals surface area contributed by atoms with Crippen molar-refractivity contribution in [1.82, 2.24) is 0 Å². The molecule has 8 heteroatoms. The Morgan fingerprint density at radius 3 is 2.17 bits per heavy atom. The van der Waals surface area contributed by atoms with Gasteiger partial charge in [-0.25, -0.2) is 14.2 Å². The summed E-state index contributed by atoms with van der Waals surface area (Å²) in [4.78, 5) is 36.2. The Labute approximate surface area is 66.4 Å². The van der Waals surface area contributed by atoms with Crippen molar-refractivity contribution in [2.24, 2.45) is 0 Å². The molecule has 0 bridgehead atoms. The van der Waals surface area contributed by atoms with E-state index in [-0.39, 0.29) is 0 Å². The highest BCUT2D eigenvalue weighted by Gasteiger charge is 2.27. The average molecular weight is 196 g/mol. The lowest BCUT2D eigenvalue weighted by Gasteiger charge is -1.98. The SMILES string of the molecule is O=C(O)C=COC(=O)P(=O)(O)O. The van der Waals surface area contributed by atoms with Crippen molar-refractivity contribution in [3.8, 4) is 0 Å². The predicted molar refractivity (Wildman–Crippen MR) is 35.3 cm³/mol. The highest BCUT2D eigenvalue weighted by molar-refractivity contribution is 7.69. The molecule has 12 heavy (non-hydrogen) atoms. The van der Waals surface area contributed by atoms with E-state index in [0.29, 0.717) is 12.3 Å². The van der Waals surface area contributed by atoms with Gasteiger partial charge >= 0.3 is 19.3 Å². The van der Waals surface area contributed by atoms with Gasteiger partial charge in [-0.05, 0) is 0 Å². The van der Waals surface area contributed by atoms with Gasteiger partial charge in [0.1, 0.15) is 6.26 Å². The highest BCUT2D eigenvalue weighted by atomic mass is 31.2. The number of hydrogen-bond donors (Lipinski definition) is 3. The van der Waals surface area contributed by atoms with Gasteiger partial charge in [0.15, 0.2) is 0 Å². The first kappa shape index (κ1) is 10.8. The Morgan fingerprint density at radius 1 is 1.33 bits per heavy atom. The van der Waals surface area contributed by atoms with E-state index in [1.165, 1.54) is 0 Å². The van der Waals surface area contributed by atoms with Gasteiger partial charge in [-0.3, -0.25) is 0 Å². The lowest BCUT2D eigenvalue weighted by Crippen LogP contribution is -1.98. The molecule has 0 unspecified atom stereocenters. The van der Waals surface area contributed by atoms with Crippen LogP contribution in [-0.4, -0.2) is 26.6 Å². The average Bonchev–Trinajstić information content (AvgIpc) is 1.84. The van der Waals surface area contributed by atoms with Crippen molar-refractivity contribution in [2.45, 2.75) is 0 Å². The molecule has 0 saturated carbocycles. The molecule has 0 atom stereocenters. The molecule has 0 aliphatic carbocycles. The number of ether oxygens (including phenoxy) is 1. The van der Waals surface area contributed by atoms with Crippen molar-refractivity contribution in [3.63, 3.8) is 0 Å². The number of hydrogen-bond acceptors (Lipinski definition) is 4. The van der Waals surface area contributed by atoms with Crippen molar-refractivity contribution in [1.29, 1.82) is 0 Å². The summed E-state index contributed by atoms with van der Waals surface area (Å²) in [5, 5.41) is 7.96. The number of aliphatic carboxylic acids is 1. The van der Waals surface area contributed by atoms with Crippen LogP contribution in [0.5, 0.6) is 0 Å². The van der Waals surface area contributed by atoms with Crippen LogP contribution in [0.2, 0.25) is 0 Å². The second-order valence-electron chi connectivity index (χ2n) is 1.57. The standard InChI is InChI=1S/C4H5O7P/c5-3(6)1-2-11-4(7)12(8,9)10/h1-2H,(H,5,6)(H2,8,9,10). The van der Waals surface area contributed by atoms with Crippen LogP contribution in [0.3, 0.4) is 0 Å². The van der Waals surface area contributed by atoms with Gasteiger partial charge in [0.05, 0.1) is 6.08 Å². The molecule has 0 aromatic heterocycles. The maximum Gasteiger partial charge on any atom is 0.433 e. The van der Waals surface area contributed by atoms with Gasteiger partial charge in [-0.15, -0.1) is 0 Å². The molecule has 0 radical (unpaired) electrons. The fraction of sp³-hybridized carbons (Fsp3) is 0. The molecule has 0 spiro atoms. The fourth-order valence-corrected chi connectivity index (χ4v) is 0.417. The second kappa shape index (κ2) is 4.01. The van der Waals surface area contributed by atoms with Gasteiger partial charge in [0.25, 0.3) is 0 Å². The minimum atomic E-state index is -4.92. The predicted octanol–water partition coefficient (Wildman–Crippen LogP) is -0.101. The maximum absolute atomic E-state index is 10.2. The third-order valence-corrected chi connectivity index (χ3v) is 1.20. The van der Waals surface area contributed by atoms with E-state index in [2.05, 4.69) is 4.74 Å². The quantitative estimate of drug-likeness (QED) is 0.327. The fourth-order valence-electron chi connectivity index (χ4n) is 0.219. The number of carbonyl (C=O) groups is 2. The third kappa shape index (κ3) is 4.62. The van der Waals surface area contributed by atoms with E-state index in [1.807, 2.05) is 0 Å². The molecular formula is C4H5O7P. The molecular weight excluding hydrogens is 191 g/mol. The van der Waals surface area contributed by atoms with Crippen molar-refractivity contribution in [3.05, 3.63) is 12.3 Å². The van der Waals surface area contributed by atoms with E-state index in [9.17, 15) is 14.2 Å². The Morgan fingerprint density at radius 2 is 1.83 bits per heavy atom. The first-order valence-electron chi connectivity index (χ1n) is 2.50. The van der Waals surface area contributed by atoms with Crippen LogP contribution in [0, 0.1) is 0 Å². The Bertz CT molecular complexity index is 261. The minimum Gasteiger partial charge on any atom is -0.478 e. The summed E-state index contributed by atoms with van der Waals surface area (Å²) in [6.45, 7) is 0. The monoisotopic (exact) mass is 196 g/mol. The largest absolute Gasteiger partial charge is 0.478 e. The van der Waals surface area contributed by atoms with Gasteiger partial charge in [-0.2, -0.15) is 0 Å². The van der Waals surface area contributed by atoms with Crippen LogP contribution in [0.1, 0.15) is 0 Å². The van der Waals surface area contributed by atoms with Crippen LogP contribution in [0.15, 0.2) is 12.3 Å². The highest BCUT2D eigenvalue weighted by Crippen LogP contribution is 2.36. The molecule has 68 valence electrons. The first-order valence-corrected chi connectivity index (χ1v) is 4.11. The summed E-state index contributed by atoms with van der Waals surface area (Å²) in [7, 11) is -4.92. The smallest absolute Gasteiger partial charge is 0.433 e. The second-order valence-corrected chi connectivity index (χ2v) is 3.02. The molecule has 0 amide bonds. The van der Waals surface area contributed by atoms with Gasteiger partial charge in [0.2, 0.25) is 0 Å². The van der Waals surface area contributed by atoms with E-state index >= 15 is 0 Å². The van der Waals surface area contributed by atoms with E-state index in [4.69, 9.17) is 14.9 Å². The maximum atomic E-state index is 10.2. The molecule has 0 aromatic rings. The van der Waals surface area contributed by atoms with Gasteiger partial charge in [0, 0.05) is 0 Å². The molecule has 0 aliphatic heterocycles. The number of carboxylic acids is 1. The Kier molecular flexibility index (Phi) is 3.62. The Balaban J connectivity index is 4.06. The zero-order chi connectivity index (χ0) is 9.78. The van der Waals surface area contributed by atoms with E-state index in [0.717, 1.165) is 0 Å². The van der Waals surface area contributed by atoms with E-state index < -0.39 is 19.3 Å². The topological polar surface area (TPSA) is 121 Å². The van der Waals surface area contributed by atoms with Crippen LogP contribution >= 0.6 is 7.60 Å². The number of rotatable bonds is 3. The van der Waals surface area contributed by atoms with Crippen molar-refractivity contribution >= 4 is 19.3 Å². The van der Waals surface area contributed by atoms with Crippen molar-refractivity contribution < 1.29 is 33.8 Å². The first-order chi connectivity index (χ1) is 5.34. The molecule has 0 rings (SSSR count). The molecule has 3 N–H and O–H groups in total. The molecule has 0 aromatic carbocycles. The summed E-state index contributed by atoms with van der Waals surface area (Å²) in [5.41, 5.74) is -1.79. The summed E-state index contributed by atoms with van der Waals surface area (Å²) >= 11 is 0. The summed E-state index contributed by atoms with van der Waals surface area (Å²) in [5.74, 6) is -1.39. The van der Waals surface area contributed by atoms with Crippen LogP contribution < -0.4 is 0 Å². The van der Waals surface area contributed by atoms with Crippen molar-refractivity contribution in [2.75, 3.05) is 0 Å². The number of carboxylic acid groups (broad SMARTS) is 1. The molecule has 0 aliphatic rings. The molecule has 0 fully saturated rings. The van der Waals surface area contributed by atoms with Gasteiger partial charge < -0.3 is 19.6 Å². The zero-order valence-corrected chi connectivity index (χ0v) is 6.47. The summed E-state index contributed by atoms with van der Waals surface area (Å²) in [6, 6.07) is 0. The van der Waals surface area contributed by atoms with Crippen LogP contribution in [-0.2, 0) is 14.1 Å². The Hall–Kier alpha value is -1.17. The third-order valence-electron chi connectivity index (χ3n) is 0.617.